The van der Waals surface area contributed by atoms with Crippen molar-refractivity contribution in [3.63, 3.8) is 0 Å². The van der Waals surface area contributed by atoms with Crippen LogP contribution in [0.25, 0.3) is 6.08 Å². The number of amides is 2. The van der Waals surface area contributed by atoms with Gasteiger partial charge in [-0.05, 0) is 31.6 Å². The van der Waals surface area contributed by atoms with Crippen LogP contribution in [0.3, 0.4) is 0 Å². The lowest BCUT2D eigenvalue weighted by Gasteiger charge is -2.09. The maximum Gasteiger partial charge on any atom is 0.331 e. The Hall–Kier alpha value is -2.34. The molecule has 0 bridgehead atoms. The van der Waals surface area contributed by atoms with Crippen molar-refractivity contribution in [2.45, 2.75) is 19.9 Å². The van der Waals surface area contributed by atoms with Gasteiger partial charge in [-0.1, -0.05) is 29.8 Å². The SMILES string of the molecule is CC(C)NC(=O)CNC(=O)COC(=O)/C=C/c1ccccc1Cl. The van der Waals surface area contributed by atoms with E-state index in [2.05, 4.69) is 10.6 Å². The van der Waals surface area contributed by atoms with Gasteiger partial charge in [-0.3, -0.25) is 9.59 Å². The average Bonchev–Trinajstić information content (AvgIpc) is 2.49. The Morgan fingerprint density at radius 2 is 1.91 bits per heavy atom. The van der Waals surface area contributed by atoms with E-state index in [1.165, 1.54) is 12.2 Å². The molecule has 1 aromatic carbocycles. The smallest absolute Gasteiger partial charge is 0.331 e. The lowest BCUT2D eigenvalue weighted by Crippen LogP contribution is -2.41. The average molecular weight is 339 g/mol. The molecule has 0 unspecified atom stereocenters. The third kappa shape index (κ3) is 8.01. The number of ether oxygens (including phenoxy) is 1. The first kappa shape index (κ1) is 18.7. The molecule has 0 aliphatic carbocycles. The van der Waals surface area contributed by atoms with E-state index in [0.717, 1.165) is 0 Å². The standard InChI is InChI=1S/C16H19ClN2O4/c1-11(2)19-14(20)9-18-15(21)10-23-16(22)8-7-12-5-3-4-6-13(12)17/h3-8,11H,9-10H2,1-2H3,(H,18,21)(H,19,20)/b8-7+. The summed E-state index contributed by atoms with van der Waals surface area (Å²) in [6.45, 7) is 3.00. The van der Waals surface area contributed by atoms with Gasteiger partial charge in [0.1, 0.15) is 0 Å². The van der Waals surface area contributed by atoms with Crippen molar-refractivity contribution in [3.8, 4) is 0 Å². The molecule has 0 saturated heterocycles. The van der Waals surface area contributed by atoms with Gasteiger partial charge in [-0.2, -0.15) is 0 Å². The van der Waals surface area contributed by atoms with Crippen molar-refractivity contribution in [1.29, 1.82) is 0 Å². The van der Waals surface area contributed by atoms with Crippen LogP contribution < -0.4 is 10.6 Å². The minimum absolute atomic E-state index is 0.00724. The molecule has 1 aromatic rings. The van der Waals surface area contributed by atoms with E-state index in [1.54, 1.807) is 24.3 Å². The minimum Gasteiger partial charge on any atom is -0.452 e. The molecule has 2 amide bonds. The Morgan fingerprint density at radius 1 is 1.22 bits per heavy atom. The van der Waals surface area contributed by atoms with Crippen LogP contribution in [0.1, 0.15) is 19.4 Å². The molecule has 0 aromatic heterocycles. The Balaban J connectivity index is 2.31. The van der Waals surface area contributed by atoms with E-state index in [9.17, 15) is 14.4 Å². The van der Waals surface area contributed by atoms with Crippen molar-refractivity contribution in [3.05, 3.63) is 40.9 Å². The number of carbonyl (C=O) groups is 3. The van der Waals surface area contributed by atoms with E-state index in [-0.39, 0.29) is 18.5 Å². The van der Waals surface area contributed by atoms with Gasteiger partial charge in [0.25, 0.3) is 5.91 Å². The molecule has 0 aliphatic rings. The topological polar surface area (TPSA) is 84.5 Å². The summed E-state index contributed by atoms with van der Waals surface area (Å²) in [7, 11) is 0. The highest BCUT2D eigenvalue weighted by molar-refractivity contribution is 6.32. The van der Waals surface area contributed by atoms with Gasteiger partial charge in [0.15, 0.2) is 6.61 Å². The van der Waals surface area contributed by atoms with Crippen LogP contribution in [0.4, 0.5) is 0 Å². The number of nitrogens with one attached hydrogen (secondary N) is 2. The predicted molar refractivity (Wildman–Crippen MR) is 87.7 cm³/mol. The van der Waals surface area contributed by atoms with Gasteiger partial charge in [0.05, 0.1) is 6.54 Å². The van der Waals surface area contributed by atoms with E-state index in [4.69, 9.17) is 16.3 Å². The highest BCUT2D eigenvalue weighted by Crippen LogP contribution is 2.16. The Labute approximate surface area is 139 Å². The zero-order valence-corrected chi connectivity index (χ0v) is 13.7. The van der Waals surface area contributed by atoms with Crippen molar-refractivity contribution in [2.24, 2.45) is 0 Å². The second-order valence-electron chi connectivity index (χ2n) is 4.96. The third-order valence-corrected chi connectivity index (χ3v) is 2.89. The molecule has 0 aliphatic heterocycles. The first-order valence-electron chi connectivity index (χ1n) is 7.04. The summed E-state index contributed by atoms with van der Waals surface area (Å²) in [6, 6.07) is 6.99. The molecule has 6 nitrogen and oxygen atoms in total. The molecular weight excluding hydrogens is 320 g/mol. The summed E-state index contributed by atoms with van der Waals surface area (Å²) in [5.74, 6) is -1.53. The summed E-state index contributed by atoms with van der Waals surface area (Å²) in [5, 5.41) is 5.48. The number of benzene rings is 1. The molecule has 23 heavy (non-hydrogen) atoms. The summed E-state index contributed by atoms with van der Waals surface area (Å²) < 4.78 is 4.77. The fraction of sp³-hybridized carbons (Fsp3) is 0.312. The monoisotopic (exact) mass is 338 g/mol. The minimum atomic E-state index is -0.674. The van der Waals surface area contributed by atoms with Crippen LogP contribution in [0.2, 0.25) is 5.02 Å². The summed E-state index contributed by atoms with van der Waals surface area (Å²) in [5.41, 5.74) is 0.668. The Morgan fingerprint density at radius 3 is 2.57 bits per heavy atom. The van der Waals surface area contributed by atoms with Gasteiger partial charge in [0, 0.05) is 17.1 Å². The Bertz CT molecular complexity index is 599. The highest BCUT2D eigenvalue weighted by atomic mass is 35.5. The van der Waals surface area contributed by atoms with E-state index in [0.29, 0.717) is 10.6 Å². The molecule has 0 heterocycles. The third-order valence-electron chi connectivity index (χ3n) is 2.55. The zero-order valence-electron chi connectivity index (χ0n) is 13.0. The first-order valence-corrected chi connectivity index (χ1v) is 7.41. The Kier molecular flexibility index (Phi) is 7.83. The van der Waals surface area contributed by atoms with E-state index >= 15 is 0 Å². The molecule has 7 heteroatoms. The van der Waals surface area contributed by atoms with E-state index < -0.39 is 18.5 Å². The van der Waals surface area contributed by atoms with Crippen molar-refractivity contribution in [1.82, 2.24) is 10.6 Å². The number of halogens is 1. The van der Waals surface area contributed by atoms with Gasteiger partial charge in [0.2, 0.25) is 5.91 Å². The summed E-state index contributed by atoms with van der Waals surface area (Å²) >= 11 is 5.94. The molecule has 0 spiro atoms. The van der Waals surface area contributed by atoms with Crippen LogP contribution in [-0.2, 0) is 19.1 Å². The quantitative estimate of drug-likeness (QED) is 0.583. The maximum absolute atomic E-state index is 11.5. The molecule has 0 atom stereocenters. The van der Waals surface area contributed by atoms with Crippen molar-refractivity contribution >= 4 is 35.5 Å². The van der Waals surface area contributed by atoms with Crippen molar-refractivity contribution < 1.29 is 19.1 Å². The number of rotatable bonds is 7. The molecule has 0 radical (unpaired) electrons. The largest absolute Gasteiger partial charge is 0.452 e. The summed E-state index contributed by atoms with van der Waals surface area (Å²) in [6.07, 6.45) is 2.68. The fourth-order valence-corrected chi connectivity index (χ4v) is 1.75. The number of hydrogen-bond donors (Lipinski definition) is 2. The maximum atomic E-state index is 11.5. The highest BCUT2D eigenvalue weighted by Gasteiger charge is 2.08. The lowest BCUT2D eigenvalue weighted by atomic mass is 10.2. The second kappa shape index (κ2) is 9.63. The molecule has 0 saturated carbocycles. The molecule has 1 rings (SSSR count). The lowest BCUT2D eigenvalue weighted by molar-refractivity contribution is -0.143. The predicted octanol–water partition coefficient (Wildman–Crippen LogP) is 1.54. The first-order chi connectivity index (χ1) is 10.9. The number of esters is 1. The fourth-order valence-electron chi connectivity index (χ4n) is 1.56. The van der Waals surface area contributed by atoms with Gasteiger partial charge in [-0.25, -0.2) is 4.79 Å². The molecule has 124 valence electrons. The second-order valence-corrected chi connectivity index (χ2v) is 5.37. The molecule has 2 N–H and O–H groups in total. The van der Waals surface area contributed by atoms with Crippen LogP contribution in [0.15, 0.2) is 30.3 Å². The normalized spacial score (nSPS) is 10.6. The summed E-state index contributed by atoms with van der Waals surface area (Å²) in [4.78, 5) is 34.3. The van der Waals surface area contributed by atoms with Gasteiger partial charge in [-0.15, -0.1) is 0 Å². The van der Waals surface area contributed by atoms with E-state index in [1.807, 2.05) is 13.8 Å². The number of carbonyl (C=O) groups excluding carboxylic acids is 3. The molecular formula is C16H19ClN2O4. The van der Waals surface area contributed by atoms with Gasteiger partial charge >= 0.3 is 5.97 Å². The van der Waals surface area contributed by atoms with Crippen LogP contribution in [0.5, 0.6) is 0 Å². The zero-order chi connectivity index (χ0) is 17.2. The number of hydrogen-bond acceptors (Lipinski definition) is 4. The van der Waals surface area contributed by atoms with Crippen LogP contribution in [-0.4, -0.2) is 37.0 Å². The van der Waals surface area contributed by atoms with Gasteiger partial charge < -0.3 is 15.4 Å². The van der Waals surface area contributed by atoms with Crippen molar-refractivity contribution in [2.75, 3.05) is 13.2 Å². The molecule has 0 fully saturated rings. The van der Waals surface area contributed by atoms with Crippen LogP contribution >= 0.6 is 11.6 Å². The van der Waals surface area contributed by atoms with Crippen LogP contribution in [0, 0.1) is 0 Å².